The number of anilines is 1. The lowest BCUT2D eigenvalue weighted by Gasteiger charge is -2.36. The molecule has 4 rings (SSSR count). The van der Waals surface area contributed by atoms with E-state index in [0.29, 0.717) is 43.3 Å². The van der Waals surface area contributed by atoms with Crippen LogP contribution >= 0.6 is 11.6 Å². The minimum absolute atomic E-state index is 0.0565. The normalized spacial score (nSPS) is 24.6. The number of carbonyl (C=O) groups is 2. The summed E-state index contributed by atoms with van der Waals surface area (Å²) < 4.78 is 23.5. The van der Waals surface area contributed by atoms with Crippen molar-refractivity contribution in [3.05, 3.63) is 23.4 Å². The molecule has 9 nitrogen and oxygen atoms in total. The Morgan fingerprint density at radius 1 is 1.14 bits per heavy atom. The average molecular weight is 440 g/mol. The van der Waals surface area contributed by atoms with E-state index in [-0.39, 0.29) is 36.2 Å². The fourth-order valence-electron chi connectivity index (χ4n) is 3.86. The zero-order valence-corrected chi connectivity index (χ0v) is 17.4. The van der Waals surface area contributed by atoms with Gasteiger partial charge in [-0.3, -0.25) is 9.59 Å². The molecule has 156 valence electrons. The molecule has 0 saturated carbocycles. The Bertz CT molecular complexity index is 942. The molecule has 0 spiro atoms. The van der Waals surface area contributed by atoms with Crippen LogP contribution in [-0.2, 0) is 19.4 Å². The zero-order valence-electron chi connectivity index (χ0n) is 15.8. The van der Waals surface area contributed by atoms with Crippen LogP contribution in [0.5, 0.6) is 0 Å². The minimum Gasteiger partial charge on any atom is -0.353 e. The summed E-state index contributed by atoms with van der Waals surface area (Å²) >= 11 is 5.88. The number of pyridine rings is 1. The number of sulfone groups is 1. The average Bonchev–Trinajstić information content (AvgIpc) is 3.08. The summed E-state index contributed by atoms with van der Waals surface area (Å²) in [7, 11) is -3.14. The summed E-state index contributed by atoms with van der Waals surface area (Å²) in [4.78, 5) is 33.3. The van der Waals surface area contributed by atoms with Crippen molar-refractivity contribution >= 4 is 44.8 Å². The van der Waals surface area contributed by atoms with Crippen LogP contribution in [0.2, 0.25) is 5.02 Å². The van der Waals surface area contributed by atoms with Crippen LogP contribution in [0.3, 0.4) is 0 Å². The van der Waals surface area contributed by atoms with Crippen molar-refractivity contribution in [1.82, 2.24) is 14.9 Å². The minimum atomic E-state index is -3.14. The molecule has 0 radical (unpaired) electrons. The smallest absolute Gasteiger partial charge is 0.270 e. The van der Waals surface area contributed by atoms with Gasteiger partial charge in [0.2, 0.25) is 5.91 Å². The van der Waals surface area contributed by atoms with Gasteiger partial charge in [0.25, 0.3) is 5.91 Å². The fraction of sp³-hybridized carbons (Fsp3) is 0.556. The first kappa shape index (κ1) is 20.1. The summed E-state index contributed by atoms with van der Waals surface area (Å²) in [6, 6.07) is 3.17. The van der Waals surface area contributed by atoms with Crippen molar-refractivity contribution in [3.8, 4) is 0 Å². The lowest BCUT2D eigenvalue weighted by Crippen LogP contribution is -2.52. The van der Waals surface area contributed by atoms with Crippen molar-refractivity contribution < 1.29 is 18.0 Å². The lowest BCUT2D eigenvalue weighted by molar-refractivity contribution is -0.134. The highest BCUT2D eigenvalue weighted by Gasteiger charge is 2.38. The Balaban J connectivity index is 1.41. The van der Waals surface area contributed by atoms with E-state index in [9.17, 15) is 18.0 Å². The monoisotopic (exact) mass is 439 g/mol. The molecule has 11 heteroatoms. The van der Waals surface area contributed by atoms with Crippen molar-refractivity contribution in [3.63, 3.8) is 0 Å². The molecule has 1 aromatic rings. The van der Waals surface area contributed by atoms with Gasteiger partial charge in [0.05, 0.1) is 22.6 Å². The number of carbonyl (C=O) groups excluding carboxylic acids is 2. The van der Waals surface area contributed by atoms with Gasteiger partial charge in [0, 0.05) is 45.2 Å². The van der Waals surface area contributed by atoms with Crippen LogP contribution in [0, 0.1) is 0 Å². The molecule has 3 aliphatic rings. The summed E-state index contributed by atoms with van der Waals surface area (Å²) in [5.41, 5.74) is 0.326. The van der Waals surface area contributed by atoms with Gasteiger partial charge in [-0.25, -0.2) is 18.4 Å². The molecule has 2 fully saturated rings. The number of aromatic nitrogens is 1. The second-order valence-electron chi connectivity index (χ2n) is 7.46. The largest absolute Gasteiger partial charge is 0.353 e. The van der Waals surface area contributed by atoms with Gasteiger partial charge in [-0.15, -0.1) is 0 Å². The Hall–Kier alpha value is -2.20. The lowest BCUT2D eigenvalue weighted by atomic mass is 10.1. The second kappa shape index (κ2) is 7.91. The Labute approximate surface area is 174 Å². The van der Waals surface area contributed by atoms with Crippen molar-refractivity contribution in [2.75, 3.05) is 42.6 Å². The summed E-state index contributed by atoms with van der Waals surface area (Å²) in [6.07, 6.45) is 2.42. The van der Waals surface area contributed by atoms with Crippen LogP contribution < -0.4 is 4.90 Å². The topological polar surface area (TPSA) is 103 Å². The van der Waals surface area contributed by atoms with E-state index in [1.165, 1.54) is 5.01 Å². The second-order valence-corrected chi connectivity index (χ2v) is 10.1. The molecule has 0 N–H and O–H groups in total. The summed E-state index contributed by atoms with van der Waals surface area (Å²) in [5, 5.41) is 6.08. The number of hydrazone groups is 1. The molecular formula is C18H22ClN5O4S. The number of hydrogen-bond donors (Lipinski definition) is 0. The van der Waals surface area contributed by atoms with E-state index < -0.39 is 15.9 Å². The summed E-state index contributed by atoms with van der Waals surface area (Å²) in [5.74, 6) is 0.377. The van der Waals surface area contributed by atoms with Crippen LogP contribution in [0.15, 0.2) is 23.4 Å². The number of hydrogen-bond acceptors (Lipinski definition) is 7. The molecule has 1 aromatic heterocycles. The van der Waals surface area contributed by atoms with E-state index in [1.54, 1.807) is 17.2 Å². The first-order valence-corrected chi connectivity index (χ1v) is 11.8. The standard InChI is InChI=1S/C18H22ClN5O4S/c19-13-1-3-16(20-11-13)22-6-8-23(9-7-22)18(26)15-2-4-17(25)24(21-15)14-5-10-29(27,28)12-14/h1,3,11,14H,2,4-10,12H2. The van der Waals surface area contributed by atoms with E-state index in [2.05, 4.69) is 15.0 Å². The first-order valence-electron chi connectivity index (χ1n) is 9.58. The maximum Gasteiger partial charge on any atom is 0.270 e. The molecule has 3 aliphatic heterocycles. The highest BCUT2D eigenvalue weighted by molar-refractivity contribution is 7.91. The fourth-order valence-corrected chi connectivity index (χ4v) is 5.66. The maximum absolute atomic E-state index is 12.9. The van der Waals surface area contributed by atoms with Gasteiger partial charge >= 0.3 is 0 Å². The van der Waals surface area contributed by atoms with E-state index in [1.807, 2.05) is 6.07 Å². The molecule has 29 heavy (non-hydrogen) atoms. The summed E-state index contributed by atoms with van der Waals surface area (Å²) in [6.45, 7) is 2.32. The number of rotatable bonds is 3. The molecule has 1 atom stereocenters. The predicted molar refractivity (Wildman–Crippen MR) is 109 cm³/mol. The highest BCUT2D eigenvalue weighted by atomic mass is 35.5. The third-order valence-corrected chi connectivity index (χ3v) is 7.44. The molecule has 0 aliphatic carbocycles. The van der Waals surface area contributed by atoms with E-state index >= 15 is 0 Å². The van der Waals surface area contributed by atoms with E-state index in [4.69, 9.17) is 11.6 Å². The van der Waals surface area contributed by atoms with Gasteiger partial charge < -0.3 is 9.80 Å². The Morgan fingerprint density at radius 2 is 1.90 bits per heavy atom. The van der Waals surface area contributed by atoms with Crippen LogP contribution in [0.1, 0.15) is 19.3 Å². The Morgan fingerprint density at radius 3 is 2.52 bits per heavy atom. The molecule has 0 aromatic carbocycles. The number of piperazine rings is 1. The number of halogens is 1. The third kappa shape index (κ3) is 4.37. The van der Waals surface area contributed by atoms with Crippen molar-refractivity contribution in [1.29, 1.82) is 0 Å². The van der Waals surface area contributed by atoms with Gasteiger partial charge in [0.15, 0.2) is 9.84 Å². The molecule has 0 bridgehead atoms. The van der Waals surface area contributed by atoms with E-state index in [0.717, 1.165) is 5.82 Å². The van der Waals surface area contributed by atoms with Crippen LogP contribution in [0.4, 0.5) is 5.82 Å². The van der Waals surface area contributed by atoms with Gasteiger partial charge in [-0.2, -0.15) is 5.10 Å². The molecule has 2 amide bonds. The first-order chi connectivity index (χ1) is 13.8. The van der Waals surface area contributed by atoms with Crippen LogP contribution in [-0.4, -0.2) is 84.6 Å². The van der Waals surface area contributed by atoms with Crippen LogP contribution in [0.25, 0.3) is 0 Å². The SMILES string of the molecule is O=C(C1=NN(C2CCS(=O)(=O)C2)C(=O)CC1)N1CCN(c2ccc(Cl)cn2)CC1. The van der Waals surface area contributed by atoms with Gasteiger partial charge in [-0.05, 0) is 18.6 Å². The molecule has 4 heterocycles. The number of amides is 2. The zero-order chi connectivity index (χ0) is 20.6. The van der Waals surface area contributed by atoms with Gasteiger partial charge in [-0.1, -0.05) is 11.6 Å². The maximum atomic E-state index is 12.9. The molecule has 2 saturated heterocycles. The van der Waals surface area contributed by atoms with Crippen molar-refractivity contribution in [2.24, 2.45) is 5.10 Å². The van der Waals surface area contributed by atoms with Gasteiger partial charge in [0.1, 0.15) is 11.5 Å². The van der Waals surface area contributed by atoms with Crippen molar-refractivity contribution in [2.45, 2.75) is 25.3 Å². The number of nitrogens with zero attached hydrogens (tertiary/aromatic N) is 5. The molecule has 1 unspecified atom stereocenters. The predicted octanol–water partition coefficient (Wildman–Crippen LogP) is 0.549. The third-order valence-electron chi connectivity index (χ3n) is 5.46. The Kier molecular flexibility index (Phi) is 5.48. The highest BCUT2D eigenvalue weighted by Crippen LogP contribution is 2.23. The molecular weight excluding hydrogens is 418 g/mol. The quantitative estimate of drug-likeness (QED) is 0.681.